The first kappa shape index (κ1) is 14.3. The Labute approximate surface area is 127 Å². The summed E-state index contributed by atoms with van der Waals surface area (Å²) in [5.74, 6) is 0.770. The van der Waals surface area contributed by atoms with Crippen LogP contribution in [0.2, 0.25) is 0 Å². The lowest BCUT2D eigenvalue weighted by Gasteiger charge is -2.40. The van der Waals surface area contributed by atoms with Gasteiger partial charge in [0.25, 0.3) is 0 Å². The molecular weight excluding hydrogens is 288 g/mol. The van der Waals surface area contributed by atoms with Crippen LogP contribution >= 0.6 is 11.3 Å². The molecule has 3 rings (SSSR count). The molecular formula is C15H18N2O3S. The molecule has 6 heteroatoms. The third kappa shape index (κ3) is 2.87. The first-order chi connectivity index (χ1) is 10.0. The van der Waals surface area contributed by atoms with E-state index in [0.29, 0.717) is 5.89 Å². The van der Waals surface area contributed by atoms with Crippen LogP contribution in [-0.4, -0.2) is 34.0 Å². The van der Waals surface area contributed by atoms with Crippen LogP contribution in [0.5, 0.6) is 0 Å². The highest BCUT2D eigenvalue weighted by atomic mass is 32.1. The zero-order valence-electron chi connectivity index (χ0n) is 12.1. The van der Waals surface area contributed by atoms with Crippen molar-refractivity contribution in [1.29, 1.82) is 0 Å². The lowest BCUT2D eigenvalue weighted by atomic mass is 9.87. The van der Waals surface area contributed by atoms with Crippen molar-refractivity contribution in [3.05, 3.63) is 29.0 Å². The smallest absolute Gasteiger partial charge is 0.306 e. The van der Waals surface area contributed by atoms with Crippen LogP contribution in [-0.2, 0) is 11.3 Å². The Morgan fingerprint density at radius 2 is 2.38 bits per heavy atom. The maximum Gasteiger partial charge on any atom is 0.306 e. The van der Waals surface area contributed by atoms with Crippen molar-refractivity contribution in [1.82, 2.24) is 9.88 Å². The van der Waals surface area contributed by atoms with E-state index in [1.165, 1.54) is 0 Å². The number of hydrogen-bond donors (Lipinski definition) is 1. The zero-order chi connectivity index (χ0) is 15.0. The lowest BCUT2D eigenvalue weighted by Crippen LogP contribution is -2.50. The van der Waals surface area contributed by atoms with E-state index in [9.17, 15) is 4.79 Å². The minimum absolute atomic E-state index is 0.242. The number of carbonyl (C=O) groups is 1. The average Bonchev–Trinajstić information content (AvgIpc) is 3.02. The molecule has 1 saturated heterocycles. The lowest BCUT2D eigenvalue weighted by molar-refractivity contribution is -0.145. The predicted molar refractivity (Wildman–Crippen MR) is 80.1 cm³/mol. The Morgan fingerprint density at radius 3 is 3.00 bits per heavy atom. The highest BCUT2D eigenvalue weighted by molar-refractivity contribution is 7.13. The van der Waals surface area contributed by atoms with Crippen LogP contribution in [0.25, 0.3) is 10.8 Å². The summed E-state index contributed by atoms with van der Waals surface area (Å²) in [5.41, 5.74) is 0.944. The minimum atomic E-state index is -0.711. The molecule has 0 saturated carbocycles. The summed E-state index contributed by atoms with van der Waals surface area (Å²) in [6, 6.07) is 3.97. The number of aryl methyl sites for hydroxylation is 1. The van der Waals surface area contributed by atoms with Crippen molar-refractivity contribution < 1.29 is 14.3 Å². The molecule has 1 atom stereocenters. The third-order valence-corrected chi connectivity index (χ3v) is 4.94. The fourth-order valence-corrected chi connectivity index (χ4v) is 3.20. The zero-order valence-corrected chi connectivity index (χ0v) is 12.9. The summed E-state index contributed by atoms with van der Waals surface area (Å²) >= 11 is 1.61. The largest absolute Gasteiger partial charge is 0.481 e. The van der Waals surface area contributed by atoms with Gasteiger partial charge in [-0.15, -0.1) is 11.3 Å². The van der Waals surface area contributed by atoms with Gasteiger partial charge in [-0.1, -0.05) is 13.0 Å². The van der Waals surface area contributed by atoms with E-state index in [2.05, 4.69) is 9.88 Å². The van der Waals surface area contributed by atoms with Crippen LogP contribution in [0.15, 0.2) is 21.9 Å². The molecule has 112 valence electrons. The summed E-state index contributed by atoms with van der Waals surface area (Å²) in [7, 11) is 0. The van der Waals surface area contributed by atoms with Crippen molar-refractivity contribution in [2.24, 2.45) is 11.8 Å². The highest BCUT2D eigenvalue weighted by Crippen LogP contribution is 2.29. The van der Waals surface area contributed by atoms with Gasteiger partial charge in [-0.2, -0.15) is 0 Å². The first-order valence-electron chi connectivity index (χ1n) is 7.00. The van der Waals surface area contributed by atoms with Gasteiger partial charge >= 0.3 is 5.97 Å². The summed E-state index contributed by atoms with van der Waals surface area (Å²) in [5, 5.41) is 11.0. The molecule has 0 aliphatic carbocycles. The molecule has 2 aromatic rings. The number of likely N-dealkylation sites (tertiary alicyclic amines) is 1. The van der Waals surface area contributed by atoms with E-state index in [1.54, 1.807) is 18.3 Å². The summed E-state index contributed by atoms with van der Waals surface area (Å²) in [4.78, 5) is 18.8. The number of hydrogen-bond acceptors (Lipinski definition) is 5. The number of aliphatic carboxylic acids is 1. The maximum atomic E-state index is 10.9. The first-order valence-corrected chi connectivity index (χ1v) is 7.88. The second-order valence-electron chi connectivity index (χ2n) is 5.58. The van der Waals surface area contributed by atoms with E-state index in [4.69, 9.17) is 9.52 Å². The van der Waals surface area contributed by atoms with Gasteiger partial charge in [-0.3, -0.25) is 9.69 Å². The predicted octanol–water partition coefficient (Wildman–Crippen LogP) is 2.86. The second kappa shape index (κ2) is 5.61. The number of nitrogens with zero attached hydrogens (tertiary/aromatic N) is 2. The van der Waals surface area contributed by atoms with Gasteiger partial charge in [0.15, 0.2) is 0 Å². The molecule has 1 aliphatic rings. The van der Waals surface area contributed by atoms with Crippen molar-refractivity contribution >= 4 is 17.3 Å². The Morgan fingerprint density at radius 1 is 1.62 bits per heavy atom. The highest BCUT2D eigenvalue weighted by Gasteiger charge is 2.35. The van der Waals surface area contributed by atoms with E-state index >= 15 is 0 Å². The van der Waals surface area contributed by atoms with Gasteiger partial charge in [0, 0.05) is 19.6 Å². The quantitative estimate of drug-likeness (QED) is 0.920. The number of carboxylic acids is 1. The molecule has 1 N–H and O–H groups in total. The molecule has 1 fully saturated rings. The minimum Gasteiger partial charge on any atom is -0.481 e. The fraction of sp³-hybridized carbons (Fsp3) is 0.467. The molecule has 3 heterocycles. The average molecular weight is 306 g/mol. The maximum absolute atomic E-state index is 10.9. The summed E-state index contributed by atoms with van der Waals surface area (Å²) < 4.78 is 5.72. The van der Waals surface area contributed by atoms with Crippen LogP contribution in [0.3, 0.4) is 0 Å². The number of thiophene rings is 1. The topological polar surface area (TPSA) is 66.6 Å². The van der Waals surface area contributed by atoms with E-state index < -0.39 is 5.97 Å². The Hall–Kier alpha value is -1.66. The molecule has 2 aromatic heterocycles. The number of carboxylic acid groups (broad SMARTS) is 1. The van der Waals surface area contributed by atoms with Crippen molar-refractivity contribution in [3.8, 4) is 10.8 Å². The summed E-state index contributed by atoms with van der Waals surface area (Å²) in [6.07, 6.45) is 0. The fourth-order valence-electron chi connectivity index (χ4n) is 2.55. The van der Waals surface area contributed by atoms with Crippen LogP contribution in [0, 0.1) is 18.8 Å². The number of rotatable bonds is 5. The van der Waals surface area contributed by atoms with Gasteiger partial charge in [0.1, 0.15) is 5.76 Å². The molecule has 1 aliphatic heterocycles. The molecule has 5 nitrogen and oxygen atoms in total. The Balaban J connectivity index is 1.61. The van der Waals surface area contributed by atoms with Crippen molar-refractivity contribution in [2.45, 2.75) is 20.4 Å². The molecule has 0 amide bonds. The van der Waals surface area contributed by atoms with Crippen LogP contribution < -0.4 is 0 Å². The molecule has 0 bridgehead atoms. The van der Waals surface area contributed by atoms with E-state index in [1.807, 2.05) is 24.4 Å². The van der Waals surface area contributed by atoms with E-state index in [0.717, 1.165) is 36.0 Å². The molecule has 0 radical (unpaired) electrons. The van der Waals surface area contributed by atoms with Gasteiger partial charge < -0.3 is 9.52 Å². The molecule has 0 aromatic carbocycles. The Bertz CT molecular complexity index is 629. The third-order valence-electron chi connectivity index (χ3n) is 4.08. The van der Waals surface area contributed by atoms with Crippen LogP contribution in [0.4, 0.5) is 0 Å². The monoisotopic (exact) mass is 306 g/mol. The second-order valence-corrected chi connectivity index (χ2v) is 6.53. The SMILES string of the molecule is Cc1oc(-c2cccs2)nc1CN1CC(C(C)C(=O)O)C1. The summed E-state index contributed by atoms with van der Waals surface area (Å²) in [6.45, 7) is 6.06. The van der Waals surface area contributed by atoms with Gasteiger partial charge in [0.2, 0.25) is 5.89 Å². The van der Waals surface area contributed by atoms with E-state index in [-0.39, 0.29) is 11.8 Å². The van der Waals surface area contributed by atoms with Gasteiger partial charge in [0.05, 0.1) is 16.5 Å². The normalized spacial score (nSPS) is 17.6. The van der Waals surface area contributed by atoms with Crippen molar-refractivity contribution in [2.75, 3.05) is 13.1 Å². The number of aromatic nitrogens is 1. The van der Waals surface area contributed by atoms with Gasteiger partial charge in [-0.25, -0.2) is 4.98 Å². The molecule has 0 spiro atoms. The number of oxazole rings is 1. The molecule has 1 unspecified atom stereocenters. The van der Waals surface area contributed by atoms with Gasteiger partial charge in [-0.05, 0) is 24.3 Å². The van der Waals surface area contributed by atoms with Crippen LogP contribution in [0.1, 0.15) is 18.4 Å². The standard InChI is InChI=1S/C15H18N2O3S/c1-9(15(18)19)11-6-17(7-11)8-12-10(2)20-14(16-12)13-4-3-5-21-13/h3-5,9,11H,6-8H2,1-2H3,(H,18,19). The Kier molecular flexibility index (Phi) is 3.82. The van der Waals surface area contributed by atoms with Crippen molar-refractivity contribution in [3.63, 3.8) is 0 Å². The molecule has 21 heavy (non-hydrogen) atoms.